The molecule has 0 bridgehead atoms. The molecule has 24 heavy (non-hydrogen) atoms. The maximum absolute atomic E-state index is 13.3. The van der Waals surface area contributed by atoms with Crippen LogP contribution in [0.1, 0.15) is 54.5 Å². The molecule has 0 radical (unpaired) electrons. The predicted octanol–water partition coefficient (Wildman–Crippen LogP) is 4.21. The van der Waals surface area contributed by atoms with Crippen molar-refractivity contribution in [2.24, 2.45) is 0 Å². The molecule has 130 valence electrons. The lowest BCUT2D eigenvalue weighted by Gasteiger charge is -2.34. The van der Waals surface area contributed by atoms with Gasteiger partial charge in [-0.1, -0.05) is 31.0 Å². The quantitative estimate of drug-likeness (QED) is 0.906. The van der Waals surface area contributed by atoms with E-state index in [9.17, 15) is 13.2 Å². The molecule has 2 aromatic rings. The van der Waals surface area contributed by atoms with E-state index in [0.717, 1.165) is 25.7 Å². The minimum Gasteiger partial charge on any atom is -0.424 e. The van der Waals surface area contributed by atoms with Crippen LogP contribution in [0.15, 0.2) is 28.7 Å². The van der Waals surface area contributed by atoms with E-state index in [2.05, 4.69) is 15.5 Å². The zero-order chi connectivity index (χ0) is 17.2. The lowest BCUT2D eigenvalue weighted by atomic mass is 9.78. The molecule has 0 spiro atoms. The minimum atomic E-state index is -4.33. The van der Waals surface area contributed by atoms with Crippen LogP contribution in [0, 0.1) is 6.92 Å². The van der Waals surface area contributed by atoms with Crippen molar-refractivity contribution in [1.29, 1.82) is 0 Å². The summed E-state index contributed by atoms with van der Waals surface area (Å²) < 4.78 is 45.3. The number of alkyl halides is 3. The van der Waals surface area contributed by atoms with Gasteiger partial charge in [0.2, 0.25) is 11.8 Å². The second kappa shape index (κ2) is 6.93. The number of rotatable bonds is 4. The van der Waals surface area contributed by atoms with Crippen molar-refractivity contribution in [1.82, 2.24) is 15.5 Å². The number of nitrogens with one attached hydrogen (secondary N) is 1. The van der Waals surface area contributed by atoms with Crippen molar-refractivity contribution >= 4 is 0 Å². The van der Waals surface area contributed by atoms with E-state index in [1.54, 1.807) is 19.1 Å². The van der Waals surface area contributed by atoms with Crippen molar-refractivity contribution in [2.45, 2.75) is 57.3 Å². The molecule has 7 heteroatoms. The molecule has 0 aliphatic heterocycles. The highest BCUT2D eigenvalue weighted by molar-refractivity contribution is 5.34. The maximum atomic E-state index is 13.3. The number of hydrogen-bond acceptors (Lipinski definition) is 4. The number of benzene rings is 1. The van der Waals surface area contributed by atoms with E-state index in [4.69, 9.17) is 4.42 Å². The second-order valence-corrected chi connectivity index (χ2v) is 6.18. The fourth-order valence-electron chi connectivity index (χ4n) is 3.45. The van der Waals surface area contributed by atoms with Crippen LogP contribution >= 0.6 is 0 Å². The number of nitrogens with zero attached hydrogens (tertiary/aromatic N) is 2. The lowest BCUT2D eigenvalue weighted by molar-refractivity contribution is -0.138. The van der Waals surface area contributed by atoms with Crippen LogP contribution in [0.25, 0.3) is 0 Å². The van der Waals surface area contributed by atoms with Gasteiger partial charge in [0, 0.05) is 13.0 Å². The van der Waals surface area contributed by atoms with Crippen LogP contribution < -0.4 is 5.32 Å². The van der Waals surface area contributed by atoms with Gasteiger partial charge in [0.25, 0.3) is 0 Å². The Bertz CT molecular complexity index is 684. The molecular formula is C17H20F3N3O. The zero-order valence-electron chi connectivity index (χ0n) is 13.4. The van der Waals surface area contributed by atoms with E-state index >= 15 is 0 Å². The molecule has 4 nitrogen and oxygen atoms in total. The van der Waals surface area contributed by atoms with E-state index in [1.165, 1.54) is 12.1 Å². The van der Waals surface area contributed by atoms with Crippen molar-refractivity contribution in [3.05, 3.63) is 47.2 Å². The Balaban J connectivity index is 1.80. The highest BCUT2D eigenvalue weighted by Gasteiger charge is 2.37. The van der Waals surface area contributed by atoms with Crippen LogP contribution in [-0.4, -0.2) is 16.2 Å². The summed E-state index contributed by atoms with van der Waals surface area (Å²) in [5.41, 5.74) is -0.152. The summed E-state index contributed by atoms with van der Waals surface area (Å²) in [5.74, 6) is 0.774. The smallest absolute Gasteiger partial charge is 0.416 e. The summed E-state index contributed by atoms with van der Waals surface area (Å²) in [6.07, 6.45) is -0.806. The van der Waals surface area contributed by atoms with E-state index in [0.29, 0.717) is 23.9 Å². The highest BCUT2D eigenvalue weighted by atomic mass is 19.4. The van der Waals surface area contributed by atoms with Crippen LogP contribution in [0.2, 0.25) is 0 Å². The number of halogens is 3. The molecule has 0 saturated heterocycles. The van der Waals surface area contributed by atoms with Crippen LogP contribution in [-0.2, 0) is 12.7 Å². The average molecular weight is 339 g/mol. The Morgan fingerprint density at radius 3 is 2.62 bits per heavy atom. The van der Waals surface area contributed by atoms with Gasteiger partial charge in [0.15, 0.2) is 0 Å². The van der Waals surface area contributed by atoms with Crippen LogP contribution in [0.3, 0.4) is 0 Å². The number of aromatic nitrogens is 2. The Morgan fingerprint density at radius 1 is 1.17 bits per heavy atom. The summed E-state index contributed by atoms with van der Waals surface area (Å²) in [6.45, 7) is 2.08. The first-order valence-electron chi connectivity index (χ1n) is 8.13. The Morgan fingerprint density at radius 2 is 1.92 bits per heavy atom. The zero-order valence-corrected chi connectivity index (χ0v) is 13.4. The van der Waals surface area contributed by atoms with E-state index < -0.39 is 11.7 Å². The third-order valence-corrected chi connectivity index (χ3v) is 4.51. The molecule has 0 amide bonds. The van der Waals surface area contributed by atoms with Crippen molar-refractivity contribution in [3.8, 4) is 0 Å². The highest BCUT2D eigenvalue weighted by Crippen LogP contribution is 2.40. The number of hydrogen-bond donors (Lipinski definition) is 1. The van der Waals surface area contributed by atoms with Crippen molar-refractivity contribution in [3.63, 3.8) is 0 Å². The van der Waals surface area contributed by atoms with Gasteiger partial charge in [-0.25, -0.2) is 0 Å². The van der Waals surface area contributed by atoms with E-state index in [-0.39, 0.29) is 12.0 Å². The molecule has 1 aromatic heterocycles. The molecule has 1 fully saturated rings. The largest absolute Gasteiger partial charge is 0.424 e. The third kappa shape index (κ3) is 3.77. The summed E-state index contributed by atoms with van der Waals surface area (Å²) >= 11 is 0. The first-order valence-corrected chi connectivity index (χ1v) is 8.13. The Labute approximate surface area is 138 Å². The first kappa shape index (κ1) is 17.0. The van der Waals surface area contributed by atoms with Crippen molar-refractivity contribution < 1.29 is 17.6 Å². The second-order valence-electron chi connectivity index (χ2n) is 6.18. The lowest BCUT2D eigenvalue weighted by Crippen LogP contribution is -2.37. The van der Waals surface area contributed by atoms with Gasteiger partial charge in [0.05, 0.1) is 12.1 Å². The van der Waals surface area contributed by atoms with Gasteiger partial charge in [0.1, 0.15) is 0 Å². The third-order valence-electron chi connectivity index (χ3n) is 4.51. The topological polar surface area (TPSA) is 51.0 Å². The average Bonchev–Trinajstić information content (AvgIpc) is 2.98. The Kier molecular flexibility index (Phi) is 4.89. The monoisotopic (exact) mass is 339 g/mol. The fraction of sp³-hybridized carbons (Fsp3) is 0.529. The van der Waals surface area contributed by atoms with Gasteiger partial charge < -0.3 is 9.73 Å². The molecule has 1 N–H and O–H groups in total. The molecule has 1 aromatic carbocycles. The van der Waals surface area contributed by atoms with Gasteiger partial charge in [-0.15, -0.1) is 10.2 Å². The van der Waals surface area contributed by atoms with E-state index in [1.807, 2.05) is 0 Å². The van der Waals surface area contributed by atoms with Crippen molar-refractivity contribution in [2.75, 3.05) is 0 Å². The van der Waals surface area contributed by atoms with Gasteiger partial charge in [-0.05, 0) is 30.4 Å². The predicted molar refractivity (Wildman–Crippen MR) is 82.3 cm³/mol. The fourth-order valence-corrected chi connectivity index (χ4v) is 3.45. The summed E-state index contributed by atoms with van der Waals surface area (Å²) in [6, 6.07) is 5.86. The molecule has 1 saturated carbocycles. The molecule has 1 aliphatic carbocycles. The molecule has 2 atom stereocenters. The number of aryl methyl sites for hydroxylation is 1. The minimum absolute atomic E-state index is 0.0329. The summed E-state index contributed by atoms with van der Waals surface area (Å²) in [4.78, 5) is 0. The first-order chi connectivity index (χ1) is 11.4. The Hall–Kier alpha value is -1.89. The standard InChI is InChI=1S/C17H20F3N3O/c1-11-22-23-16(24-11)10-21-15-9-5-3-7-13(15)12-6-2-4-8-14(12)17(18,19)20/h2,4,6,8,13,15,21H,3,5,7,9-10H2,1H3/t13-,15+/m0/s1. The summed E-state index contributed by atoms with van der Waals surface area (Å²) in [5, 5.41) is 11.0. The molecule has 3 rings (SSSR count). The van der Waals surface area contributed by atoms with Gasteiger partial charge in [-0.2, -0.15) is 13.2 Å². The molecular weight excluding hydrogens is 319 g/mol. The maximum Gasteiger partial charge on any atom is 0.416 e. The normalized spacial score (nSPS) is 21.8. The van der Waals surface area contributed by atoms with Gasteiger partial charge in [-0.3, -0.25) is 0 Å². The van der Waals surface area contributed by atoms with Crippen LogP contribution in [0.4, 0.5) is 13.2 Å². The van der Waals surface area contributed by atoms with Gasteiger partial charge >= 0.3 is 6.18 Å². The molecule has 1 heterocycles. The molecule has 0 unspecified atom stereocenters. The molecule has 1 aliphatic rings. The summed E-state index contributed by atoms with van der Waals surface area (Å²) in [7, 11) is 0. The SMILES string of the molecule is Cc1nnc(CN[C@@H]2CCCC[C@H]2c2ccccc2C(F)(F)F)o1. The van der Waals surface area contributed by atoms with Crippen LogP contribution in [0.5, 0.6) is 0 Å².